The molecule has 6 nitrogen and oxygen atoms in total. The van der Waals surface area contributed by atoms with Crippen LogP contribution in [0.5, 0.6) is 0 Å². The number of carbonyl (C=O) groups excluding carboxylic acids is 1. The maximum absolute atomic E-state index is 11.2. The minimum absolute atomic E-state index is 0.187. The number of urea groups is 1. The molecule has 86 valence electrons. The van der Waals surface area contributed by atoms with E-state index in [1.807, 2.05) is 0 Å². The molecule has 0 aromatic rings. The van der Waals surface area contributed by atoms with Crippen LogP contribution in [0, 0.1) is 0 Å². The number of nitrogens with one attached hydrogen (secondary N) is 2. The first kappa shape index (κ1) is 11.8. The van der Waals surface area contributed by atoms with E-state index >= 15 is 0 Å². The van der Waals surface area contributed by atoms with E-state index in [4.69, 9.17) is 10.2 Å². The zero-order valence-electron chi connectivity index (χ0n) is 8.40. The summed E-state index contributed by atoms with van der Waals surface area (Å²) in [5, 5.41) is 22.3. The SMILES string of the molecule is O=C(NC[C@H](O)C(=O)O)NC1CCCC1. The third-order valence-electron chi connectivity index (χ3n) is 2.43. The van der Waals surface area contributed by atoms with Crippen molar-refractivity contribution in [3.63, 3.8) is 0 Å². The van der Waals surface area contributed by atoms with Crippen molar-refractivity contribution in [1.82, 2.24) is 10.6 Å². The van der Waals surface area contributed by atoms with E-state index < -0.39 is 18.1 Å². The van der Waals surface area contributed by atoms with Gasteiger partial charge in [0.15, 0.2) is 6.10 Å². The molecule has 4 N–H and O–H groups in total. The molecule has 0 bridgehead atoms. The third kappa shape index (κ3) is 4.16. The Bertz CT molecular complexity index is 238. The topological polar surface area (TPSA) is 98.7 Å². The molecule has 0 aromatic heterocycles. The number of aliphatic hydroxyl groups excluding tert-OH is 1. The Morgan fingerprint density at radius 1 is 1.33 bits per heavy atom. The molecule has 1 aliphatic rings. The maximum Gasteiger partial charge on any atom is 0.334 e. The normalized spacial score (nSPS) is 18.5. The van der Waals surface area contributed by atoms with Crippen molar-refractivity contribution in [3.05, 3.63) is 0 Å². The lowest BCUT2D eigenvalue weighted by atomic mass is 10.2. The molecule has 0 radical (unpaired) electrons. The Morgan fingerprint density at radius 3 is 2.47 bits per heavy atom. The molecule has 0 aliphatic heterocycles. The molecular weight excluding hydrogens is 200 g/mol. The second-order valence-electron chi connectivity index (χ2n) is 3.69. The van der Waals surface area contributed by atoms with Crippen LogP contribution in [-0.4, -0.2) is 40.9 Å². The minimum Gasteiger partial charge on any atom is -0.479 e. The molecule has 1 saturated carbocycles. The van der Waals surface area contributed by atoms with Crippen LogP contribution < -0.4 is 10.6 Å². The van der Waals surface area contributed by atoms with Crippen LogP contribution in [0.1, 0.15) is 25.7 Å². The van der Waals surface area contributed by atoms with Gasteiger partial charge in [0, 0.05) is 6.04 Å². The van der Waals surface area contributed by atoms with Gasteiger partial charge in [0.05, 0.1) is 6.54 Å². The van der Waals surface area contributed by atoms with Crippen molar-refractivity contribution in [3.8, 4) is 0 Å². The molecule has 0 saturated heterocycles. The van der Waals surface area contributed by atoms with Gasteiger partial charge in [0.25, 0.3) is 0 Å². The summed E-state index contributed by atoms with van der Waals surface area (Å²) in [6.07, 6.45) is 2.62. The van der Waals surface area contributed by atoms with Crippen LogP contribution in [0.4, 0.5) is 4.79 Å². The monoisotopic (exact) mass is 216 g/mol. The standard InChI is InChI=1S/C9H16N2O4/c12-7(8(13)14)5-10-9(15)11-6-3-1-2-4-6/h6-7,12H,1-5H2,(H,13,14)(H2,10,11,15)/t7-/m0/s1. The number of amides is 2. The van der Waals surface area contributed by atoms with E-state index in [1.54, 1.807) is 0 Å². The molecule has 1 aliphatic carbocycles. The first-order valence-electron chi connectivity index (χ1n) is 5.05. The average Bonchev–Trinajstić information content (AvgIpc) is 2.66. The summed E-state index contributed by atoms with van der Waals surface area (Å²) in [5.41, 5.74) is 0. The Balaban J connectivity index is 2.15. The highest BCUT2D eigenvalue weighted by Crippen LogP contribution is 2.17. The number of aliphatic carboxylic acids is 1. The van der Waals surface area contributed by atoms with Crippen LogP contribution in [0.25, 0.3) is 0 Å². The molecule has 1 rings (SSSR count). The first-order valence-corrected chi connectivity index (χ1v) is 5.05. The molecule has 0 heterocycles. The number of hydrogen-bond acceptors (Lipinski definition) is 3. The van der Waals surface area contributed by atoms with Crippen molar-refractivity contribution in [2.24, 2.45) is 0 Å². The molecule has 0 aromatic carbocycles. The molecular formula is C9H16N2O4. The van der Waals surface area contributed by atoms with E-state index in [2.05, 4.69) is 10.6 Å². The molecule has 15 heavy (non-hydrogen) atoms. The number of carbonyl (C=O) groups is 2. The third-order valence-corrected chi connectivity index (χ3v) is 2.43. The van der Waals surface area contributed by atoms with Crippen molar-refractivity contribution < 1.29 is 19.8 Å². The lowest BCUT2D eigenvalue weighted by Gasteiger charge is -2.13. The summed E-state index contributed by atoms with van der Waals surface area (Å²) < 4.78 is 0. The van der Waals surface area contributed by atoms with E-state index in [0.29, 0.717) is 0 Å². The van der Waals surface area contributed by atoms with Gasteiger partial charge in [-0.1, -0.05) is 12.8 Å². The van der Waals surface area contributed by atoms with Crippen molar-refractivity contribution >= 4 is 12.0 Å². The predicted molar refractivity (Wildman–Crippen MR) is 52.4 cm³/mol. The molecule has 0 unspecified atom stereocenters. The average molecular weight is 216 g/mol. The van der Waals surface area contributed by atoms with Gasteiger partial charge in [-0.25, -0.2) is 9.59 Å². The van der Waals surface area contributed by atoms with E-state index in [9.17, 15) is 9.59 Å². The molecule has 6 heteroatoms. The molecule has 0 spiro atoms. The van der Waals surface area contributed by atoms with Gasteiger partial charge < -0.3 is 20.8 Å². The second kappa shape index (κ2) is 5.55. The lowest BCUT2D eigenvalue weighted by Crippen LogP contribution is -2.45. The second-order valence-corrected chi connectivity index (χ2v) is 3.69. The largest absolute Gasteiger partial charge is 0.479 e. The predicted octanol–water partition coefficient (Wildman–Crippen LogP) is -0.326. The summed E-state index contributed by atoms with van der Waals surface area (Å²) in [5.74, 6) is -1.34. The van der Waals surface area contributed by atoms with Gasteiger partial charge in [-0.2, -0.15) is 0 Å². The van der Waals surface area contributed by atoms with Gasteiger partial charge in [0.1, 0.15) is 0 Å². The van der Waals surface area contributed by atoms with Crippen LogP contribution in [0.3, 0.4) is 0 Å². The smallest absolute Gasteiger partial charge is 0.334 e. The van der Waals surface area contributed by atoms with E-state index in [-0.39, 0.29) is 12.6 Å². The van der Waals surface area contributed by atoms with E-state index in [1.165, 1.54) is 0 Å². The summed E-state index contributed by atoms with van der Waals surface area (Å²) in [6.45, 7) is -0.270. The summed E-state index contributed by atoms with van der Waals surface area (Å²) >= 11 is 0. The van der Waals surface area contributed by atoms with Crippen LogP contribution in [0.2, 0.25) is 0 Å². The van der Waals surface area contributed by atoms with Crippen LogP contribution >= 0.6 is 0 Å². The fourth-order valence-corrected chi connectivity index (χ4v) is 1.58. The highest BCUT2D eigenvalue weighted by Gasteiger charge is 2.18. The Labute approximate surface area is 87.7 Å². The van der Waals surface area contributed by atoms with Gasteiger partial charge >= 0.3 is 12.0 Å². The number of carboxylic acids is 1. The number of hydrogen-bond donors (Lipinski definition) is 4. The zero-order valence-corrected chi connectivity index (χ0v) is 8.40. The lowest BCUT2D eigenvalue weighted by molar-refractivity contribution is -0.146. The number of aliphatic hydroxyl groups is 1. The molecule has 1 fully saturated rings. The highest BCUT2D eigenvalue weighted by molar-refractivity contribution is 5.76. The fraction of sp³-hybridized carbons (Fsp3) is 0.778. The van der Waals surface area contributed by atoms with Crippen molar-refractivity contribution in [2.45, 2.75) is 37.8 Å². The Hall–Kier alpha value is -1.30. The zero-order chi connectivity index (χ0) is 11.3. The number of rotatable bonds is 4. The minimum atomic E-state index is -1.54. The fourth-order valence-electron chi connectivity index (χ4n) is 1.58. The van der Waals surface area contributed by atoms with Crippen molar-refractivity contribution in [1.29, 1.82) is 0 Å². The quantitative estimate of drug-likeness (QED) is 0.517. The Morgan fingerprint density at radius 2 is 1.93 bits per heavy atom. The van der Waals surface area contributed by atoms with E-state index in [0.717, 1.165) is 25.7 Å². The van der Waals surface area contributed by atoms with Gasteiger partial charge in [-0.05, 0) is 12.8 Å². The van der Waals surface area contributed by atoms with Crippen molar-refractivity contribution in [2.75, 3.05) is 6.54 Å². The highest BCUT2D eigenvalue weighted by atomic mass is 16.4. The van der Waals surface area contributed by atoms with Crippen LogP contribution in [-0.2, 0) is 4.79 Å². The van der Waals surface area contributed by atoms with Gasteiger partial charge in [-0.15, -0.1) is 0 Å². The maximum atomic E-state index is 11.2. The first-order chi connectivity index (χ1) is 7.09. The van der Waals surface area contributed by atoms with Gasteiger partial charge in [-0.3, -0.25) is 0 Å². The summed E-state index contributed by atoms with van der Waals surface area (Å²) in [7, 11) is 0. The number of carboxylic acid groups (broad SMARTS) is 1. The Kier molecular flexibility index (Phi) is 4.36. The van der Waals surface area contributed by atoms with Gasteiger partial charge in [0.2, 0.25) is 0 Å². The van der Waals surface area contributed by atoms with Crippen LogP contribution in [0.15, 0.2) is 0 Å². The summed E-state index contributed by atoms with van der Waals surface area (Å²) in [6, 6.07) is -0.228. The molecule has 2 amide bonds. The summed E-state index contributed by atoms with van der Waals surface area (Å²) in [4.78, 5) is 21.4. The molecule has 1 atom stereocenters.